The number of rotatable bonds is 1. The Morgan fingerprint density at radius 2 is 1.69 bits per heavy atom. The third-order valence-corrected chi connectivity index (χ3v) is 3.93. The fourth-order valence-electron chi connectivity index (χ4n) is 1.81. The minimum atomic E-state index is 0.813. The van der Waals surface area contributed by atoms with Gasteiger partial charge in [0, 0.05) is 10.3 Å². The van der Waals surface area contributed by atoms with Crippen LogP contribution in [0.15, 0.2) is 53.9 Å². The van der Waals surface area contributed by atoms with Crippen molar-refractivity contribution in [3.05, 3.63) is 58.9 Å². The first-order valence-corrected chi connectivity index (χ1v) is 6.32. The maximum absolute atomic E-state index is 5.94. The molecular formula is C14H9ClS. The van der Waals surface area contributed by atoms with Crippen LogP contribution in [0.5, 0.6) is 0 Å². The average molecular weight is 245 g/mol. The summed E-state index contributed by atoms with van der Waals surface area (Å²) < 4.78 is 0. The molecule has 0 bridgehead atoms. The smallest absolute Gasteiger partial charge is 0.0519 e. The van der Waals surface area contributed by atoms with Crippen LogP contribution < -0.4 is 0 Å². The van der Waals surface area contributed by atoms with Crippen LogP contribution in [-0.4, -0.2) is 0 Å². The second kappa shape index (κ2) is 3.93. The van der Waals surface area contributed by atoms with Gasteiger partial charge in [-0.15, -0.1) is 11.3 Å². The average Bonchev–Trinajstić information content (AvgIpc) is 2.75. The molecule has 0 amide bonds. The van der Waals surface area contributed by atoms with Gasteiger partial charge in [0.1, 0.15) is 0 Å². The van der Waals surface area contributed by atoms with Crippen molar-refractivity contribution in [1.82, 2.24) is 0 Å². The molecule has 78 valence electrons. The Bertz CT molecular complexity index is 640. The summed E-state index contributed by atoms with van der Waals surface area (Å²) in [5, 5.41) is 5.32. The van der Waals surface area contributed by atoms with Crippen LogP contribution in [-0.2, 0) is 0 Å². The molecule has 0 unspecified atom stereocenters. The van der Waals surface area contributed by atoms with Crippen molar-refractivity contribution in [2.24, 2.45) is 0 Å². The fraction of sp³-hybridized carbons (Fsp3) is 0. The Kier molecular flexibility index (Phi) is 2.43. The molecule has 2 aromatic carbocycles. The molecule has 0 aliphatic heterocycles. The third-order valence-electron chi connectivity index (χ3n) is 2.60. The van der Waals surface area contributed by atoms with E-state index in [2.05, 4.69) is 42.5 Å². The number of halogens is 1. The maximum Gasteiger partial charge on any atom is 0.0519 e. The first-order valence-electron chi connectivity index (χ1n) is 5.06. The predicted octanol–water partition coefficient (Wildman–Crippen LogP) is 5.22. The molecule has 0 fully saturated rings. The van der Waals surface area contributed by atoms with Gasteiger partial charge >= 0.3 is 0 Å². The predicted molar refractivity (Wildman–Crippen MR) is 72.3 cm³/mol. The van der Waals surface area contributed by atoms with Crippen molar-refractivity contribution < 1.29 is 0 Å². The topological polar surface area (TPSA) is 0 Å². The van der Waals surface area contributed by atoms with Crippen LogP contribution in [0.25, 0.3) is 21.2 Å². The van der Waals surface area contributed by atoms with Crippen molar-refractivity contribution >= 4 is 33.7 Å². The van der Waals surface area contributed by atoms with Gasteiger partial charge in [-0.3, -0.25) is 0 Å². The zero-order chi connectivity index (χ0) is 11.0. The SMILES string of the molecule is Clc1csc(-c2ccc3ccccc3c2)c1. The van der Waals surface area contributed by atoms with E-state index in [1.165, 1.54) is 21.2 Å². The van der Waals surface area contributed by atoms with Crippen molar-refractivity contribution in [2.75, 3.05) is 0 Å². The standard InChI is InChI=1S/C14H9ClS/c15-13-8-14(16-9-13)12-6-5-10-3-1-2-4-11(10)7-12/h1-9H. The summed E-state index contributed by atoms with van der Waals surface area (Å²) >= 11 is 7.62. The largest absolute Gasteiger partial charge is 0.142 e. The van der Waals surface area contributed by atoms with Crippen molar-refractivity contribution in [3.63, 3.8) is 0 Å². The van der Waals surface area contributed by atoms with E-state index < -0.39 is 0 Å². The molecule has 0 radical (unpaired) electrons. The molecule has 0 saturated carbocycles. The number of fused-ring (bicyclic) bond motifs is 1. The Morgan fingerprint density at radius 3 is 2.44 bits per heavy atom. The molecule has 0 nitrogen and oxygen atoms in total. The lowest BCUT2D eigenvalue weighted by Crippen LogP contribution is -1.74. The summed E-state index contributed by atoms with van der Waals surface area (Å²) in [7, 11) is 0. The minimum absolute atomic E-state index is 0.813. The minimum Gasteiger partial charge on any atom is -0.142 e. The van der Waals surface area contributed by atoms with E-state index in [0.717, 1.165) is 5.02 Å². The van der Waals surface area contributed by atoms with Crippen molar-refractivity contribution in [3.8, 4) is 10.4 Å². The monoisotopic (exact) mass is 244 g/mol. The lowest BCUT2D eigenvalue weighted by atomic mass is 10.1. The van der Waals surface area contributed by atoms with Crippen LogP contribution in [0.2, 0.25) is 5.02 Å². The quantitative estimate of drug-likeness (QED) is 0.550. The second-order valence-corrected chi connectivity index (χ2v) is 5.04. The summed E-state index contributed by atoms with van der Waals surface area (Å²) in [6.07, 6.45) is 0. The molecule has 0 aliphatic carbocycles. The van der Waals surface area contributed by atoms with Crippen molar-refractivity contribution in [2.45, 2.75) is 0 Å². The number of benzene rings is 2. The molecule has 0 saturated heterocycles. The van der Waals surface area contributed by atoms with Gasteiger partial charge in [0.05, 0.1) is 5.02 Å². The van der Waals surface area contributed by atoms with Crippen molar-refractivity contribution in [1.29, 1.82) is 0 Å². The Hall–Kier alpha value is -1.31. The highest BCUT2D eigenvalue weighted by molar-refractivity contribution is 7.14. The van der Waals surface area contributed by atoms with Crippen LogP contribution in [0.1, 0.15) is 0 Å². The normalized spacial score (nSPS) is 10.8. The second-order valence-electron chi connectivity index (χ2n) is 3.69. The van der Waals surface area contributed by atoms with E-state index in [0.29, 0.717) is 0 Å². The molecule has 2 heteroatoms. The van der Waals surface area contributed by atoms with Gasteiger partial charge in [0.2, 0.25) is 0 Å². The highest BCUT2D eigenvalue weighted by Gasteiger charge is 2.02. The van der Waals surface area contributed by atoms with E-state index in [-0.39, 0.29) is 0 Å². The summed E-state index contributed by atoms with van der Waals surface area (Å²) in [6, 6.07) is 16.9. The Labute approximate surface area is 103 Å². The van der Waals surface area contributed by atoms with Crippen LogP contribution in [0, 0.1) is 0 Å². The van der Waals surface area contributed by atoms with E-state index in [4.69, 9.17) is 11.6 Å². The summed E-state index contributed by atoms with van der Waals surface area (Å²) in [6.45, 7) is 0. The van der Waals surface area contributed by atoms with Gasteiger partial charge in [-0.2, -0.15) is 0 Å². The Balaban J connectivity index is 2.18. The third kappa shape index (κ3) is 1.73. The van der Waals surface area contributed by atoms with E-state index in [1.54, 1.807) is 11.3 Å². The summed E-state index contributed by atoms with van der Waals surface area (Å²) in [4.78, 5) is 1.22. The van der Waals surface area contributed by atoms with Gasteiger partial charge in [0.15, 0.2) is 0 Å². The van der Waals surface area contributed by atoms with Crippen LogP contribution in [0.3, 0.4) is 0 Å². The summed E-state index contributed by atoms with van der Waals surface area (Å²) in [5.74, 6) is 0. The van der Waals surface area contributed by atoms with E-state index in [1.807, 2.05) is 11.4 Å². The highest BCUT2D eigenvalue weighted by atomic mass is 35.5. The highest BCUT2D eigenvalue weighted by Crippen LogP contribution is 2.31. The van der Waals surface area contributed by atoms with Crippen LogP contribution >= 0.6 is 22.9 Å². The molecule has 1 heterocycles. The molecule has 3 rings (SSSR count). The van der Waals surface area contributed by atoms with Gasteiger partial charge in [0.25, 0.3) is 0 Å². The number of hydrogen-bond donors (Lipinski definition) is 0. The van der Waals surface area contributed by atoms with E-state index >= 15 is 0 Å². The first-order chi connectivity index (χ1) is 7.83. The number of thiophene rings is 1. The molecule has 3 aromatic rings. The first kappa shape index (κ1) is 9.88. The molecular weight excluding hydrogens is 236 g/mol. The van der Waals surface area contributed by atoms with Crippen LogP contribution in [0.4, 0.5) is 0 Å². The van der Waals surface area contributed by atoms with Gasteiger partial charge in [-0.1, -0.05) is 48.0 Å². The van der Waals surface area contributed by atoms with Gasteiger partial charge in [-0.25, -0.2) is 0 Å². The molecule has 1 aromatic heterocycles. The van der Waals surface area contributed by atoms with Gasteiger partial charge in [-0.05, 0) is 28.5 Å². The molecule has 16 heavy (non-hydrogen) atoms. The van der Waals surface area contributed by atoms with Gasteiger partial charge < -0.3 is 0 Å². The lowest BCUT2D eigenvalue weighted by Gasteiger charge is -2.00. The Morgan fingerprint density at radius 1 is 0.875 bits per heavy atom. The maximum atomic E-state index is 5.94. The molecule has 0 aliphatic rings. The molecule has 0 atom stereocenters. The molecule has 0 spiro atoms. The molecule has 0 N–H and O–H groups in total. The van der Waals surface area contributed by atoms with E-state index in [9.17, 15) is 0 Å². The fourth-order valence-corrected chi connectivity index (χ4v) is 2.88. The lowest BCUT2D eigenvalue weighted by molar-refractivity contribution is 1.73. The summed E-state index contributed by atoms with van der Waals surface area (Å²) in [5.41, 5.74) is 1.23. The number of hydrogen-bond acceptors (Lipinski definition) is 1. The zero-order valence-corrected chi connectivity index (χ0v) is 10.1. The zero-order valence-electron chi connectivity index (χ0n) is 8.48.